The lowest BCUT2D eigenvalue weighted by atomic mass is 10.0. The Labute approximate surface area is 222 Å². The van der Waals surface area contributed by atoms with Crippen molar-refractivity contribution >= 4 is 39.9 Å². The summed E-state index contributed by atoms with van der Waals surface area (Å²) >= 11 is 3.39. The Morgan fingerprint density at radius 3 is 2.62 bits per heavy atom. The zero-order valence-electron chi connectivity index (χ0n) is 20.8. The minimum atomic E-state index is -0.838. The summed E-state index contributed by atoms with van der Waals surface area (Å²) in [6, 6.07) is 7.28. The van der Waals surface area contributed by atoms with Crippen molar-refractivity contribution < 1.29 is 38.1 Å². The SMILES string of the molecule is CCOC(=O)COc1c(Br)cc(C=NNC(=O)C(NC(=O)c2ccc3c(c2)OCO3)C(C)C)cc1OC. The largest absolute Gasteiger partial charge is 0.493 e. The van der Waals surface area contributed by atoms with Gasteiger partial charge in [0.1, 0.15) is 6.04 Å². The van der Waals surface area contributed by atoms with Crippen molar-refractivity contribution in [2.24, 2.45) is 11.0 Å². The Morgan fingerprint density at radius 2 is 1.92 bits per heavy atom. The molecule has 1 atom stereocenters. The standard InChI is InChI=1S/C25H28BrN3O8/c1-5-34-21(30)12-35-23-17(26)8-15(9-20(23)33-4)11-27-29-25(32)22(14(2)3)28-24(31)16-6-7-18-19(10-16)37-13-36-18/h6-11,14,22H,5,12-13H2,1-4H3,(H,28,31)(H,29,32). The Bertz CT molecular complexity index is 1180. The topological polar surface area (TPSA) is 134 Å². The molecule has 2 N–H and O–H groups in total. The van der Waals surface area contributed by atoms with Crippen LogP contribution in [0.2, 0.25) is 0 Å². The lowest BCUT2D eigenvalue weighted by Crippen LogP contribution is -2.48. The molecule has 0 saturated carbocycles. The zero-order chi connectivity index (χ0) is 26.9. The number of amides is 2. The minimum absolute atomic E-state index is 0.0984. The maximum atomic E-state index is 12.8. The fourth-order valence-corrected chi connectivity index (χ4v) is 3.90. The van der Waals surface area contributed by atoms with Gasteiger partial charge in [0.25, 0.3) is 11.8 Å². The van der Waals surface area contributed by atoms with E-state index in [2.05, 4.69) is 31.8 Å². The summed E-state index contributed by atoms with van der Waals surface area (Å²) in [5, 5.41) is 6.75. The number of hydrogen-bond acceptors (Lipinski definition) is 9. The van der Waals surface area contributed by atoms with Crippen molar-refractivity contribution in [3.05, 3.63) is 45.9 Å². The van der Waals surface area contributed by atoms with Gasteiger partial charge in [-0.2, -0.15) is 5.10 Å². The van der Waals surface area contributed by atoms with Crippen LogP contribution in [-0.4, -0.2) is 57.2 Å². The Kier molecular flexibility index (Phi) is 9.72. The molecule has 1 aliphatic rings. The Morgan fingerprint density at radius 1 is 1.16 bits per heavy atom. The van der Waals surface area contributed by atoms with Gasteiger partial charge in [-0.25, -0.2) is 10.2 Å². The van der Waals surface area contributed by atoms with Gasteiger partial charge in [-0.3, -0.25) is 9.59 Å². The normalized spacial score (nSPS) is 12.8. The van der Waals surface area contributed by atoms with Gasteiger partial charge in [0.15, 0.2) is 29.6 Å². The highest BCUT2D eigenvalue weighted by molar-refractivity contribution is 9.10. The third kappa shape index (κ3) is 7.35. The van der Waals surface area contributed by atoms with E-state index in [0.717, 1.165) is 0 Å². The first kappa shape index (κ1) is 27.8. The molecule has 0 radical (unpaired) electrons. The number of benzene rings is 2. The van der Waals surface area contributed by atoms with Crippen molar-refractivity contribution in [1.29, 1.82) is 0 Å². The van der Waals surface area contributed by atoms with Gasteiger partial charge in [0, 0.05) is 5.56 Å². The molecule has 3 rings (SSSR count). The number of nitrogens with one attached hydrogen (secondary N) is 2. The average molecular weight is 578 g/mol. The summed E-state index contributed by atoms with van der Waals surface area (Å²) in [4.78, 5) is 37.1. The van der Waals surface area contributed by atoms with Crippen molar-refractivity contribution in [2.75, 3.05) is 27.1 Å². The van der Waals surface area contributed by atoms with Gasteiger partial charge in [0.05, 0.1) is 24.4 Å². The van der Waals surface area contributed by atoms with Gasteiger partial charge < -0.3 is 29.0 Å². The number of halogens is 1. The van der Waals surface area contributed by atoms with E-state index in [0.29, 0.717) is 38.6 Å². The van der Waals surface area contributed by atoms with Crippen molar-refractivity contribution in [3.8, 4) is 23.0 Å². The number of hydrogen-bond donors (Lipinski definition) is 2. The molecule has 0 spiro atoms. The first-order valence-corrected chi connectivity index (χ1v) is 12.2. The molecule has 2 aromatic carbocycles. The summed E-state index contributed by atoms with van der Waals surface area (Å²) in [6.07, 6.45) is 1.41. The quantitative estimate of drug-likeness (QED) is 0.236. The molecular weight excluding hydrogens is 550 g/mol. The van der Waals surface area contributed by atoms with Gasteiger partial charge in [0.2, 0.25) is 6.79 Å². The van der Waals surface area contributed by atoms with Crippen molar-refractivity contribution in [2.45, 2.75) is 26.8 Å². The average Bonchev–Trinajstić information content (AvgIpc) is 3.34. The van der Waals surface area contributed by atoms with Gasteiger partial charge in [-0.1, -0.05) is 13.8 Å². The molecule has 0 fully saturated rings. The smallest absolute Gasteiger partial charge is 0.344 e. The second-order valence-electron chi connectivity index (χ2n) is 8.13. The van der Waals surface area contributed by atoms with Crippen molar-refractivity contribution in [1.82, 2.24) is 10.7 Å². The Hall–Kier alpha value is -3.80. The molecule has 198 valence electrons. The van der Waals surface area contributed by atoms with E-state index in [4.69, 9.17) is 23.7 Å². The molecule has 0 saturated heterocycles. The van der Waals surface area contributed by atoms with Crippen molar-refractivity contribution in [3.63, 3.8) is 0 Å². The number of esters is 1. The number of hydrazone groups is 1. The summed E-state index contributed by atoms with van der Waals surface area (Å²) in [6.45, 7) is 5.40. The van der Waals surface area contributed by atoms with Crippen LogP contribution in [0.1, 0.15) is 36.7 Å². The van der Waals surface area contributed by atoms with Gasteiger partial charge >= 0.3 is 5.97 Å². The maximum absolute atomic E-state index is 12.8. The maximum Gasteiger partial charge on any atom is 0.344 e. The summed E-state index contributed by atoms with van der Waals surface area (Å²) < 4.78 is 26.8. The Balaban J connectivity index is 1.64. The summed E-state index contributed by atoms with van der Waals surface area (Å²) in [5.41, 5.74) is 3.38. The minimum Gasteiger partial charge on any atom is -0.493 e. The number of ether oxygens (including phenoxy) is 5. The first-order chi connectivity index (χ1) is 17.7. The van der Waals surface area contributed by atoms with E-state index in [1.165, 1.54) is 13.3 Å². The van der Waals surface area contributed by atoms with Crippen LogP contribution in [0.15, 0.2) is 39.9 Å². The van der Waals surface area contributed by atoms with Crippen LogP contribution in [0.3, 0.4) is 0 Å². The van der Waals surface area contributed by atoms with E-state index < -0.39 is 23.8 Å². The molecule has 2 aromatic rings. The monoisotopic (exact) mass is 577 g/mol. The van der Waals surface area contributed by atoms with Gasteiger partial charge in [-0.15, -0.1) is 0 Å². The van der Waals surface area contributed by atoms with Crippen LogP contribution >= 0.6 is 15.9 Å². The van der Waals surface area contributed by atoms with Crippen LogP contribution in [0, 0.1) is 5.92 Å². The van der Waals surface area contributed by atoms with E-state index in [-0.39, 0.29) is 25.9 Å². The van der Waals surface area contributed by atoms with E-state index in [1.807, 2.05) is 13.8 Å². The number of rotatable bonds is 11. The fraction of sp³-hybridized carbons (Fsp3) is 0.360. The lowest BCUT2D eigenvalue weighted by molar-refractivity contribution is -0.145. The number of carbonyl (C=O) groups is 3. The van der Waals surface area contributed by atoms with Crippen LogP contribution in [0.25, 0.3) is 0 Å². The molecule has 0 aromatic heterocycles. The molecule has 1 heterocycles. The highest BCUT2D eigenvalue weighted by Crippen LogP contribution is 2.36. The first-order valence-electron chi connectivity index (χ1n) is 11.4. The molecule has 0 bridgehead atoms. The molecule has 1 aliphatic heterocycles. The highest BCUT2D eigenvalue weighted by atomic mass is 79.9. The zero-order valence-corrected chi connectivity index (χ0v) is 22.4. The number of nitrogens with zero attached hydrogens (tertiary/aromatic N) is 1. The van der Waals surface area contributed by atoms with Gasteiger partial charge in [-0.05, 0) is 64.7 Å². The third-order valence-corrected chi connectivity index (χ3v) is 5.74. The molecule has 11 nitrogen and oxygen atoms in total. The number of fused-ring (bicyclic) bond motifs is 1. The number of carbonyl (C=O) groups excluding carboxylic acids is 3. The van der Waals surface area contributed by atoms with E-state index >= 15 is 0 Å². The second-order valence-corrected chi connectivity index (χ2v) is 8.98. The van der Waals surface area contributed by atoms with E-state index in [9.17, 15) is 14.4 Å². The second kappa shape index (κ2) is 12.9. The molecule has 12 heteroatoms. The van der Waals surface area contributed by atoms with E-state index in [1.54, 1.807) is 37.3 Å². The lowest BCUT2D eigenvalue weighted by Gasteiger charge is -2.20. The third-order valence-electron chi connectivity index (χ3n) is 5.15. The predicted octanol–water partition coefficient (Wildman–Crippen LogP) is 3.03. The molecule has 37 heavy (non-hydrogen) atoms. The fourth-order valence-electron chi connectivity index (χ4n) is 3.33. The molecule has 2 amide bonds. The molecular formula is C25H28BrN3O8. The van der Waals surface area contributed by atoms with Crippen LogP contribution in [-0.2, 0) is 14.3 Å². The van der Waals surface area contributed by atoms with Crippen LogP contribution in [0.5, 0.6) is 23.0 Å². The molecule has 0 aliphatic carbocycles. The highest BCUT2D eigenvalue weighted by Gasteiger charge is 2.25. The van der Waals surface area contributed by atoms with Crippen LogP contribution < -0.4 is 29.7 Å². The molecule has 1 unspecified atom stereocenters. The predicted molar refractivity (Wildman–Crippen MR) is 137 cm³/mol. The summed E-state index contributed by atoms with van der Waals surface area (Å²) in [5.74, 6) is 0.0789. The summed E-state index contributed by atoms with van der Waals surface area (Å²) in [7, 11) is 1.46. The van der Waals surface area contributed by atoms with Crippen LogP contribution in [0.4, 0.5) is 0 Å². The number of methoxy groups -OCH3 is 1.